The molecule has 29 heavy (non-hydrogen) atoms. The molecule has 1 aliphatic rings. The van der Waals surface area contributed by atoms with Gasteiger partial charge in [0.05, 0.1) is 5.69 Å². The van der Waals surface area contributed by atoms with Crippen LogP contribution in [0.3, 0.4) is 0 Å². The molecular weight excluding hydrogens is 380 g/mol. The van der Waals surface area contributed by atoms with E-state index in [-0.39, 0.29) is 0 Å². The summed E-state index contributed by atoms with van der Waals surface area (Å²) in [6.45, 7) is 11.7. The Morgan fingerprint density at radius 3 is 2.45 bits per heavy atom. The monoisotopic (exact) mass is 408 g/mol. The molecule has 0 radical (unpaired) electrons. The third-order valence-corrected chi connectivity index (χ3v) is 6.37. The van der Waals surface area contributed by atoms with Crippen molar-refractivity contribution in [1.29, 1.82) is 0 Å². The first-order valence-corrected chi connectivity index (χ1v) is 10.8. The minimum absolute atomic E-state index is 0.598. The molecule has 2 aromatic heterocycles. The number of hydrogen-bond acceptors (Lipinski definition) is 7. The molecule has 3 aromatic rings. The normalized spacial score (nSPS) is 15.6. The van der Waals surface area contributed by atoms with Crippen LogP contribution in [0.4, 0.5) is 11.6 Å². The van der Waals surface area contributed by atoms with Gasteiger partial charge in [0.25, 0.3) is 0 Å². The van der Waals surface area contributed by atoms with Crippen molar-refractivity contribution in [3.63, 3.8) is 0 Å². The summed E-state index contributed by atoms with van der Waals surface area (Å²) in [6, 6.07) is 8.29. The fourth-order valence-electron chi connectivity index (χ4n) is 3.61. The van der Waals surface area contributed by atoms with Crippen LogP contribution in [0.1, 0.15) is 21.7 Å². The van der Waals surface area contributed by atoms with E-state index in [4.69, 9.17) is 9.97 Å². The average molecular weight is 409 g/mol. The molecule has 1 saturated heterocycles. The molecule has 4 rings (SSSR count). The highest BCUT2D eigenvalue weighted by Crippen LogP contribution is 2.28. The topological polar surface area (TPSA) is 57.2 Å². The van der Waals surface area contributed by atoms with E-state index in [9.17, 15) is 0 Å². The van der Waals surface area contributed by atoms with Crippen molar-refractivity contribution in [2.75, 3.05) is 38.5 Å². The molecule has 3 heterocycles. The minimum atomic E-state index is 0.598. The summed E-state index contributed by atoms with van der Waals surface area (Å²) < 4.78 is 0. The van der Waals surface area contributed by atoms with Crippen molar-refractivity contribution in [2.24, 2.45) is 0 Å². The predicted molar refractivity (Wildman–Crippen MR) is 120 cm³/mol. The highest BCUT2D eigenvalue weighted by atomic mass is 32.1. The van der Waals surface area contributed by atoms with Gasteiger partial charge in [0.2, 0.25) is 5.95 Å². The van der Waals surface area contributed by atoms with Crippen molar-refractivity contribution >= 4 is 23.0 Å². The fourth-order valence-corrected chi connectivity index (χ4v) is 4.68. The zero-order chi connectivity index (χ0) is 20.4. The Morgan fingerprint density at radius 1 is 1.00 bits per heavy atom. The zero-order valence-electron chi connectivity index (χ0n) is 17.6. The van der Waals surface area contributed by atoms with E-state index < -0.39 is 0 Å². The largest absolute Gasteiger partial charge is 0.324 e. The molecule has 0 spiro atoms. The maximum atomic E-state index is 4.80. The summed E-state index contributed by atoms with van der Waals surface area (Å²) in [7, 11) is 2.19. The zero-order valence-corrected chi connectivity index (χ0v) is 18.4. The van der Waals surface area contributed by atoms with Crippen LogP contribution < -0.4 is 5.32 Å². The van der Waals surface area contributed by atoms with Crippen molar-refractivity contribution in [2.45, 2.75) is 27.3 Å². The maximum absolute atomic E-state index is 4.80. The summed E-state index contributed by atoms with van der Waals surface area (Å²) in [4.78, 5) is 20.1. The van der Waals surface area contributed by atoms with Gasteiger partial charge in [0.1, 0.15) is 10.7 Å². The Morgan fingerprint density at radius 2 is 1.72 bits per heavy atom. The molecule has 6 nitrogen and oxygen atoms in total. The summed E-state index contributed by atoms with van der Waals surface area (Å²) in [6.07, 6.45) is 1.80. The molecule has 1 N–H and O–H groups in total. The lowest BCUT2D eigenvalue weighted by molar-refractivity contribution is 0.149. The smallest absolute Gasteiger partial charge is 0.227 e. The molecule has 0 unspecified atom stereocenters. The van der Waals surface area contributed by atoms with Crippen molar-refractivity contribution < 1.29 is 0 Å². The van der Waals surface area contributed by atoms with Crippen LogP contribution in [0.2, 0.25) is 0 Å². The molecule has 1 aliphatic heterocycles. The van der Waals surface area contributed by atoms with Gasteiger partial charge >= 0.3 is 0 Å². The molecule has 1 aromatic carbocycles. The number of benzene rings is 1. The predicted octanol–water partition coefficient (Wildman–Crippen LogP) is 4.02. The van der Waals surface area contributed by atoms with E-state index in [2.05, 4.69) is 66.1 Å². The number of aryl methyl sites for hydroxylation is 3. The number of hydrogen-bond donors (Lipinski definition) is 1. The first kappa shape index (κ1) is 19.9. The van der Waals surface area contributed by atoms with Crippen LogP contribution in [-0.4, -0.2) is 58.0 Å². The Hall–Kier alpha value is -2.35. The molecule has 0 amide bonds. The van der Waals surface area contributed by atoms with E-state index in [0.717, 1.165) is 54.8 Å². The first-order chi connectivity index (χ1) is 14.0. The number of nitrogens with one attached hydrogen (secondary N) is 1. The van der Waals surface area contributed by atoms with Gasteiger partial charge in [-0.2, -0.15) is 0 Å². The van der Waals surface area contributed by atoms with E-state index in [1.165, 1.54) is 16.0 Å². The van der Waals surface area contributed by atoms with Crippen LogP contribution in [0.5, 0.6) is 0 Å². The van der Waals surface area contributed by atoms with Crippen molar-refractivity contribution in [1.82, 2.24) is 24.8 Å². The molecule has 0 saturated carbocycles. The lowest BCUT2D eigenvalue weighted by atomic mass is 10.1. The van der Waals surface area contributed by atoms with E-state index in [1.807, 2.05) is 6.07 Å². The van der Waals surface area contributed by atoms with Crippen LogP contribution in [-0.2, 0) is 6.54 Å². The minimum Gasteiger partial charge on any atom is -0.324 e. The van der Waals surface area contributed by atoms with Crippen LogP contribution in [0.25, 0.3) is 10.7 Å². The lowest BCUT2D eigenvalue weighted by Crippen LogP contribution is -2.43. The Labute approximate surface area is 176 Å². The second-order valence-electron chi connectivity index (χ2n) is 7.87. The van der Waals surface area contributed by atoms with E-state index in [1.54, 1.807) is 17.5 Å². The number of rotatable bonds is 5. The number of anilines is 2. The first-order valence-electron chi connectivity index (χ1n) is 10.0. The molecule has 0 bridgehead atoms. The number of piperazine rings is 1. The standard InChI is InChI=1S/C22H28N6S/c1-15-11-16(2)13-18(12-15)25-22-23-6-5-19(26-22)21-24-17(3)20(29-21)14-28-9-7-27(4)8-10-28/h5-6,11-13H,7-10,14H2,1-4H3,(H,23,25,26). The molecular formula is C22H28N6S. The quantitative estimate of drug-likeness (QED) is 0.688. The van der Waals surface area contributed by atoms with Gasteiger partial charge in [-0.15, -0.1) is 11.3 Å². The van der Waals surface area contributed by atoms with E-state index in [0.29, 0.717) is 5.95 Å². The fraction of sp³-hybridized carbons (Fsp3) is 0.409. The van der Waals surface area contributed by atoms with Gasteiger partial charge in [-0.1, -0.05) is 6.07 Å². The Bertz CT molecular complexity index is 970. The lowest BCUT2D eigenvalue weighted by Gasteiger charge is -2.32. The van der Waals surface area contributed by atoms with Gasteiger partial charge in [-0.25, -0.2) is 15.0 Å². The number of likely N-dealkylation sites (N-methyl/N-ethyl adjacent to an activating group) is 1. The third-order valence-electron chi connectivity index (χ3n) is 5.21. The highest BCUT2D eigenvalue weighted by molar-refractivity contribution is 7.15. The maximum Gasteiger partial charge on any atom is 0.227 e. The van der Waals surface area contributed by atoms with Crippen LogP contribution in [0.15, 0.2) is 30.5 Å². The molecule has 7 heteroatoms. The van der Waals surface area contributed by atoms with Crippen LogP contribution >= 0.6 is 11.3 Å². The van der Waals surface area contributed by atoms with Crippen LogP contribution in [0, 0.1) is 20.8 Å². The van der Waals surface area contributed by atoms with Gasteiger partial charge < -0.3 is 10.2 Å². The SMILES string of the molecule is Cc1cc(C)cc(Nc2nccc(-c3nc(C)c(CN4CCN(C)CC4)s3)n2)c1. The van der Waals surface area contributed by atoms with Gasteiger partial charge in [-0.05, 0) is 57.1 Å². The van der Waals surface area contributed by atoms with Gasteiger partial charge in [-0.3, -0.25) is 4.90 Å². The molecule has 0 atom stereocenters. The highest BCUT2D eigenvalue weighted by Gasteiger charge is 2.18. The average Bonchev–Trinajstić information content (AvgIpc) is 3.03. The second-order valence-corrected chi connectivity index (χ2v) is 8.96. The number of nitrogens with zero attached hydrogens (tertiary/aromatic N) is 5. The van der Waals surface area contributed by atoms with E-state index >= 15 is 0 Å². The Kier molecular flexibility index (Phi) is 5.89. The number of thiazole rings is 1. The Balaban J connectivity index is 1.51. The van der Waals surface area contributed by atoms with Gasteiger partial charge in [0.15, 0.2) is 0 Å². The summed E-state index contributed by atoms with van der Waals surface area (Å²) in [5, 5.41) is 4.28. The summed E-state index contributed by atoms with van der Waals surface area (Å²) in [5.41, 5.74) is 5.40. The van der Waals surface area contributed by atoms with Crippen molar-refractivity contribution in [3.8, 4) is 10.7 Å². The summed E-state index contributed by atoms with van der Waals surface area (Å²) in [5.74, 6) is 0.598. The molecule has 1 fully saturated rings. The molecule has 152 valence electrons. The van der Waals surface area contributed by atoms with Crippen molar-refractivity contribution in [3.05, 3.63) is 52.2 Å². The molecule has 0 aliphatic carbocycles. The number of aromatic nitrogens is 3. The summed E-state index contributed by atoms with van der Waals surface area (Å²) >= 11 is 1.74. The third kappa shape index (κ3) is 4.98. The second kappa shape index (κ2) is 8.57. The van der Waals surface area contributed by atoms with Gasteiger partial charge in [0, 0.05) is 49.5 Å².